The highest BCUT2D eigenvalue weighted by Gasteiger charge is 2.14. The fourth-order valence-electron chi connectivity index (χ4n) is 1.05. The number of anilines is 1. The van der Waals surface area contributed by atoms with E-state index < -0.39 is 0 Å². The Labute approximate surface area is 108 Å². The molecule has 0 radical (unpaired) electrons. The summed E-state index contributed by atoms with van der Waals surface area (Å²) >= 11 is 7.82. The zero-order valence-electron chi connectivity index (χ0n) is 8.54. The van der Waals surface area contributed by atoms with E-state index in [4.69, 9.17) is 11.6 Å². The summed E-state index contributed by atoms with van der Waals surface area (Å²) in [5, 5.41) is 12.5. The van der Waals surface area contributed by atoms with Crippen molar-refractivity contribution in [1.82, 2.24) is 9.97 Å². The van der Waals surface area contributed by atoms with Crippen molar-refractivity contribution < 1.29 is 5.11 Å². The van der Waals surface area contributed by atoms with Crippen molar-refractivity contribution in [1.29, 1.82) is 0 Å². The molecule has 0 bridgehead atoms. The van der Waals surface area contributed by atoms with E-state index in [0.29, 0.717) is 11.7 Å². The molecule has 0 aliphatic carbocycles. The second kappa shape index (κ2) is 5.81. The van der Waals surface area contributed by atoms with Crippen LogP contribution in [0, 0.1) is 9.49 Å². The van der Waals surface area contributed by atoms with E-state index in [1.807, 2.05) is 13.8 Å². The Hall–Kier alpha value is -0.140. The summed E-state index contributed by atoms with van der Waals surface area (Å²) in [4.78, 5) is 7.93. The fourth-order valence-corrected chi connectivity index (χ4v) is 1.59. The Balaban J connectivity index is 2.82. The van der Waals surface area contributed by atoms with E-state index >= 15 is 0 Å². The highest BCUT2D eigenvalue weighted by Crippen LogP contribution is 2.18. The average molecular weight is 342 g/mol. The van der Waals surface area contributed by atoms with Gasteiger partial charge in [0.05, 0.1) is 16.2 Å². The van der Waals surface area contributed by atoms with Gasteiger partial charge in [-0.1, -0.05) is 13.8 Å². The second-order valence-electron chi connectivity index (χ2n) is 3.51. The van der Waals surface area contributed by atoms with Crippen molar-refractivity contribution in [3.63, 3.8) is 0 Å². The third-order valence-corrected chi connectivity index (χ3v) is 3.01. The molecule has 1 aromatic heterocycles. The van der Waals surface area contributed by atoms with E-state index in [2.05, 4.69) is 37.9 Å². The summed E-state index contributed by atoms with van der Waals surface area (Å²) in [5.41, 5.74) is 0. The molecule has 2 N–H and O–H groups in total. The van der Waals surface area contributed by atoms with Crippen LogP contribution in [0.3, 0.4) is 0 Å². The van der Waals surface area contributed by atoms with Crippen LogP contribution in [0.15, 0.2) is 6.20 Å². The lowest BCUT2D eigenvalue weighted by Gasteiger charge is -2.20. The van der Waals surface area contributed by atoms with Crippen molar-refractivity contribution in [2.75, 3.05) is 11.9 Å². The molecule has 1 rings (SSSR count). The van der Waals surface area contributed by atoms with E-state index in [9.17, 15) is 5.11 Å². The summed E-state index contributed by atoms with van der Waals surface area (Å²) < 4.78 is 0.885. The van der Waals surface area contributed by atoms with Crippen LogP contribution in [-0.2, 0) is 0 Å². The molecular weight excluding hydrogens is 328 g/mol. The molecule has 0 saturated carbocycles. The molecular formula is C9H13ClIN3O. The summed E-state index contributed by atoms with van der Waals surface area (Å²) in [6.45, 7) is 4.13. The van der Waals surface area contributed by atoms with E-state index in [1.165, 1.54) is 0 Å². The van der Waals surface area contributed by atoms with Gasteiger partial charge in [0.2, 0.25) is 5.28 Å². The summed E-state index contributed by atoms with van der Waals surface area (Å²) in [6, 6.07) is -0.0236. The normalized spacial score (nSPS) is 12.9. The van der Waals surface area contributed by atoms with Gasteiger partial charge < -0.3 is 10.4 Å². The summed E-state index contributed by atoms with van der Waals surface area (Å²) in [6.07, 6.45) is 1.65. The molecule has 0 saturated heterocycles. The molecule has 1 heterocycles. The Morgan fingerprint density at radius 3 is 2.80 bits per heavy atom. The smallest absolute Gasteiger partial charge is 0.224 e. The lowest BCUT2D eigenvalue weighted by Crippen LogP contribution is -2.30. The largest absolute Gasteiger partial charge is 0.394 e. The number of nitrogens with one attached hydrogen (secondary N) is 1. The Morgan fingerprint density at radius 2 is 2.27 bits per heavy atom. The first-order valence-corrected chi connectivity index (χ1v) is 6.05. The number of halogens is 2. The Kier molecular flexibility index (Phi) is 5.01. The van der Waals surface area contributed by atoms with Gasteiger partial charge >= 0.3 is 0 Å². The molecule has 0 amide bonds. The van der Waals surface area contributed by atoms with E-state index in [1.54, 1.807) is 6.20 Å². The van der Waals surface area contributed by atoms with Crippen molar-refractivity contribution in [2.45, 2.75) is 19.9 Å². The van der Waals surface area contributed by atoms with Gasteiger partial charge in [0, 0.05) is 6.20 Å². The van der Waals surface area contributed by atoms with Crippen LogP contribution in [-0.4, -0.2) is 27.7 Å². The standard InChI is InChI=1S/C9H13ClIN3O/c1-5(2)7(4-15)13-8-6(11)3-12-9(10)14-8/h3,5,7,15H,4H2,1-2H3,(H,12,13,14)/t7-/m0/s1. The third kappa shape index (κ3) is 3.73. The predicted molar refractivity (Wildman–Crippen MR) is 69.1 cm³/mol. The number of rotatable bonds is 4. The molecule has 0 aromatic carbocycles. The monoisotopic (exact) mass is 341 g/mol. The summed E-state index contributed by atoms with van der Waals surface area (Å²) in [7, 11) is 0. The lowest BCUT2D eigenvalue weighted by atomic mass is 10.1. The first-order chi connectivity index (χ1) is 7.04. The number of hydrogen-bond donors (Lipinski definition) is 2. The Morgan fingerprint density at radius 1 is 1.60 bits per heavy atom. The van der Waals surface area contributed by atoms with Crippen LogP contribution in [0.2, 0.25) is 5.28 Å². The molecule has 6 heteroatoms. The average Bonchev–Trinajstić information content (AvgIpc) is 2.18. The van der Waals surface area contributed by atoms with Gasteiger partial charge in [-0.25, -0.2) is 4.98 Å². The molecule has 0 aliphatic rings. The third-order valence-electron chi connectivity index (χ3n) is 2.04. The van der Waals surface area contributed by atoms with Crippen LogP contribution in [0.5, 0.6) is 0 Å². The van der Waals surface area contributed by atoms with Gasteiger partial charge in [-0.15, -0.1) is 0 Å². The van der Waals surface area contributed by atoms with Gasteiger partial charge in [-0.2, -0.15) is 4.98 Å². The number of aliphatic hydroxyl groups excluding tert-OH is 1. The van der Waals surface area contributed by atoms with E-state index in [-0.39, 0.29) is 17.9 Å². The van der Waals surface area contributed by atoms with Crippen molar-refractivity contribution >= 4 is 40.0 Å². The lowest BCUT2D eigenvalue weighted by molar-refractivity contribution is 0.249. The van der Waals surface area contributed by atoms with Crippen LogP contribution >= 0.6 is 34.2 Å². The van der Waals surface area contributed by atoms with Crippen LogP contribution < -0.4 is 5.32 Å². The zero-order valence-corrected chi connectivity index (χ0v) is 11.5. The SMILES string of the molecule is CC(C)[C@H](CO)Nc1nc(Cl)ncc1I. The van der Waals surface area contributed by atoms with Crippen molar-refractivity contribution in [3.8, 4) is 0 Å². The zero-order chi connectivity index (χ0) is 11.4. The maximum atomic E-state index is 9.18. The molecule has 15 heavy (non-hydrogen) atoms. The molecule has 1 atom stereocenters. The first kappa shape index (κ1) is 12.9. The van der Waals surface area contributed by atoms with Crippen molar-refractivity contribution in [3.05, 3.63) is 15.1 Å². The molecule has 84 valence electrons. The van der Waals surface area contributed by atoms with Crippen molar-refractivity contribution in [2.24, 2.45) is 5.92 Å². The van der Waals surface area contributed by atoms with Gasteiger partial charge in [0.25, 0.3) is 0 Å². The van der Waals surface area contributed by atoms with Gasteiger partial charge in [-0.3, -0.25) is 0 Å². The highest BCUT2D eigenvalue weighted by atomic mass is 127. The van der Waals surface area contributed by atoms with Crippen LogP contribution in [0.1, 0.15) is 13.8 Å². The fraction of sp³-hybridized carbons (Fsp3) is 0.556. The van der Waals surface area contributed by atoms with Crippen LogP contribution in [0.4, 0.5) is 5.82 Å². The maximum absolute atomic E-state index is 9.18. The highest BCUT2D eigenvalue weighted by molar-refractivity contribution is 14.1. The first-order valence-electron chi connectivity index (χ1n) is 4.60. The molecule has 0 unspecified atom stereocenters. The minimum atomic E-state index is -0.0236. The number of aromatic nitrogens is 2. The summed E-state index contributed by atoms with van der Waals surface area (Å²) in [5.74, 6) is 0.989. The van der Waals surface area contributed by atoms with Gasteiger partial charge in [0.1, 0.15) is 5.82 Å². The quantitative estimate of drug-likeness (QED) is 0.651. The second-order valence-corrected chi connectivity index (χ2v) is 5.01. The van der Waals surface area contributed by atoms with Gasteiger partial charge in [-0.05, 0) is 40.1 Å². The Bertz CT molecular complexity index is 335. The maximum Gasteiger partial charge on any atom is 0.224 e. The minimum Gasteiger partial charge on any atom is -0.394 e. The topological polar surface area (TPSA) is 58.0 Å². The molecule has 1 aromatic rings. The number of nitrogens with zero attached hydrogens (tertiary/aromatic N) is 2. The van der Waals surface area contributed by atoms with E-state index in [0.717, 1.165) is 3.57 Å². The minimum absolute atomic E-state index is 0.0236. The number of hydrogen-bond acceptors (Lipinski definition) is 4. The molecule has 4 nitrogen and oxygen atoms in total. The number of aliphatic hydroxyl groups is 1. The van der Waals surface area contributed by atoms with Gasteiger partial charge in [0.15, 0.2) is 0 Å². The predicted octanol–water partition coefficient (Wildman–Crippen LogP) is 2.16. The molecule has 0 aliphatic heterocycles. The molecule has 0 spiro atoms. The van der Waals surface area contributed by atoms with Crippen LogP contribution in [0.25, 0.3) is 0 Å². The molecule has 0 fully saturated rings.